The second-order valence-electron chi connectivity index (χ2n) is 5.01. The summed E-state index contributed by atoms with van der Waals surface area (Å²) in [5.41, 5.74) is -6.26. The molecule has 0 atom stereocenters. The van der Waals surface area contributed by atoms with Crippen LogP contribution in [0.1, 0.15) is 30.0 Å². The number of carbonyl (C=O) groups is 1. The Labute approximate surface area is 127 Å². The van der Waals surface area contributed by atoms with Crippen molar-refractivity contribution in [3.8, 4) is 0 Å². The van der Waals surface area contributed by atoms with Gasteiger partial charge in [-0.1, -0.05) is 31.5 Å². The van der Waals surface area contributed by atoms with Gasteiger partial charge in [0.25, 0.3) is 5.60 Å². The molecule has 0 aliphatic carbocycles. The Bertz CT molecular complexity index is 563. The fourth-order valence-corrected chi connectivity index (χ4v) is 2.18. The van der Waals surface area contributed by atoms with Crippen molar-refractivity contribution >= 4 is 5.97 Å². The summed E-state index contributed by atoms with van der Waals surface area (Å²) >= 11 is 0. The molecule has 0 aliphatic heterocycles. The number of aliphatic carboxylic acids is 1. The lowest BCUT2D eigenvalue weighted by Crippen LogP contribution is -2.54. The standard InChI is InChI=1S/C14H14F6O3/c1-2-3-8-6-10(5-4-9(8)7-11(21)22)12(23,13(15,16)17)14(18,19)20/h4-6,23H,2-3,7H2,1H3,(H,21,22). The average Bonchev–Trinajstić information content (AvgIpc) is 2.37. The maximum atomic E-state index is 12.9. The number of hydrogen-bond donors (Lipinski definition) is 2. The number of rotatable bonds is 5. The molecule has 23 heavy (non-hydrogen) atoms. The van der Waals surface area contributed by atoms with Gasteiger partial charge in [0.1, 0.15) is 0 Å². The fourth-order valence-electron chi connectivity index (χ4n) is 2.18. The van der Waals surface area contributed by atoms with Gasteiger partial charge in [-0.3, -0.25) is 4.79 Å². The van der Waals surface area contributed by atoms with Crippen LogP contribution in [0.25, 0.3) is 0 Å². The molecule has 0 amide bonds. The molecule has 0 aliphatic rings. The van der Waals surface area contributed by atoms with Crippen LogP contribution in [0.3, 0.4) is 0 Å². The third-order valence-electron chi connectivity index (χ3n) is 3.31. The molecule has 0 heterocycles. The molecular weight excluding hydrogens is 330 g/mol. The van der Waals surface area contributed by atoms with Crippen LogP contribution >= 0.6 is 0 Å². The van der Waals surface area contributed by atoms with Crippen molar-refractivity contribution in [3.05, 3.63) is 34.9 Å². The summed E-state index contributed by atoms with van der Waals surface area (Å²) in [6.07, 6.45) is -12.0. The molecule has 1 aromatic rings. The predicted molar refractivity (Wildman–Crippen MR) is 67.8 cm³/mol. The summed E-state index contributed by atoms with van der Waals surface area (Å²) in [5.74, 6) is -1.27. The van der Waals surface area contributed by atoms with Crippen molar-refractivity contribution in [1.82, 2.24) is 0 Å². The van der Waals surface area contributed by atoms with Crippen molar-refractivity contribution in [2.24, 2.45) is 0 Å². The second-order valence-corrected chi connectivity index (χ2v) is 5.01. The van der Waals surface area contributed by atoms with Crippen molar-refractivity contribution in [2.75, 3.05) is 0 Å². The van der Waals surface area contributed by atoms with Gasteiger partial charge in [-0.05, 0) is 17.5 Å². The zero-order valence-corrected chi connectivity index (χ0v) is 11.9. The van der Waals surface area contributed by atoms with Crippen LogP contribution in [0, 0.1) is 0 Å². The number of aliphatic hydroxyl groups is 1. The van der Waals surface area contributed by atoms with Crippen LogP contribution in [-0.2, 0) is 23.2 Å². The van der Waals surface area contributed by atoms with E-state index in [2.05, 4.69) is 0 Å². The third-order valence-corrected chi connectivity index (χ3v) is 3.31. The van der Waals surface area contributed by atoms with Gasteiger partial charge in [-0.2, -0.15) is 26.3 Å². The smallest absolute Gasteiger partial charge is 0.430 e. The third kappa shape index (κ3) is 3.77. The van der Waals surface area contributed by atoms with Crippen molar-refractivity contribution in [2.45, 2.75) is 44.1 Å². The molecule has 1 rings (SSSR count). The SMILES string of the molecule is CCCc1cc(C(O)(C(F)(F)F)C(F)(F)F)ccc1CC(=O)O. The van der Waals surface area contributed by atoms with Crippen LogP contribution in [0.2, 0.25) is 0 Å². The number of halogens is 6. The minimum absolute atomic E-state index is 0.0272. The number of carboxylic acids is 1. The van der Waals surface area contributed by atoms with E-state index in [9.17, 15) is 36.2 Å². The Balaban J connectivity index is 3.51. The van der Waals surface area contributed by atoms with Crippen LogP contribution in [0.15, 0.2) is 18.2 Å². The average molecular weight is 344 g/mol. The molecule has 0 bridgehead atoms. The molecule has 130 valence electrons. The van der Waals surface area contributed by atoms with Gasteiger partial charge in [0.2, 0.25) is 0 Å². The van der Waals surface area contributed by atoms with Gasteiger partial charge < -0.3 is 10.2 Å². The monoisotopic (exact) mass is 344 g/mol. The maximum Gasteiger partial charge on any atom is 0.430 e. The molecule has 0 fully saturated rings. The molecule has 0 aromatic heterocycles. The van der Waals surface area contributed by atoms with Gasteiger partial charge in [0, 0.05) is 5.56 Å². The Morgan fingerprint density at radius 3 is 1.96 bits per heavy atom. The molecule has 0 spiro atoms. The minimum Gasteiger partial charge on any atom is -0.481 e. The van der Waals surface area contributed by atoms with E-state index < -0.39 is 35.9 Å². The lowest BCUT2D eigenvalue weighted by atomic mass is 9.88. The number of carboxylic acid groups (broad SMARTS) is 1. The first-order valence-electron chi connectivity index (χ1n) is 6.54. The molecular formula is C14H14F6O3. The molecule has 1 aromatic carbocycles. The number of hydrogen-bond acceptors (Lipinski definition) is 2. The molecule has 0 saturated heterocycles. The lowest BCUT2D eigenvalue weighted by Gasteiger charge is -2.33. The van der Waals surface area contributed by atoms with Gasteiger partial charge in [0.15, 0.2) is 0 Å². The summed E-state index contributed by atoms with van der Waals surface area (Å²) in [6, 6.07) is 1.90. The summed E-state index contributed by atoms with van der Waals surface area (Å²) in [7, 11) is 0. The van der Waals surface area contributed by atoms with Crippen LogP contribution in [0.4, 0.5) is 26.3 Å². The van der Waals surface area contributed by atoms with Crippen molar-refractivity contribution in [3.63, 3.8) is 0 Å². The highest BCUT2D eigenvalue weighted by atomic mass is 19.4. The zero-order chi connectivity index (χ0) is 18.1. The highest BCUT2D eigenvalue weighted by Crippen LogP contribution is 2.50. The zero-order valence-electron chi connectivity index (χ0n) is 11.9. The van der Waals surface area contributed by atoms with E-state index >= 15 is 0 Å². The number of alkyl halides is 6. The van der Waals surface area contributed by atoms with Crippen molar-refractivity contribution < 1.29 is 41.4 Å². The molecule has 0 saturated carbocycles. The number of benzene rings is 1. The topological polar surface area (TPSA) is 57.5 Å². The van der Waals surface area contributed by atoms with Gasteiger partial charge >= 0.3 is 18.3 Å². The van der Waals surface area contributed by atoms with E-state index in [0.29, 0.717) is 18.6 Å². The predicted octanol–water partition coefficient (Wildman–Crippen LogP) is 3.58. The van der Waals surface area contributed by atoms with Gasteiger partial charge in [-0.15, -0.1) is 0 Å². The summed E-state index contributed by atoms with van der Waals surface area (Å²) in [5, 5.41) is 18.1. The normalized spacial score (nSPS) is 13.2. The first-order chi connectivity index (χ1) is 10.3. The molecule has 2 N–H and O–H groups in total. The molecule has 0 unspecified atom stereocenters. The van der Waals surface area contributed by atoms with Crippen molar-refractivity contribution in [1.29, 1.82) is 0 Å². The lowest BCUT2D eigenvalue weighted by molar-refractivity contribution is -0.376. The quantitative estimate of drug-likeness (QED) is 0.803. The van der Waals surface area contributed by atoms with Crippen LogP contribution in [0.5, 0.6) is 0 Å². The summed E-state index contributed by atoms with van der Waals surface area (Å²) in [6.45, 7) is 1.64. The molecule has 0 radical (unpaired) electrons. The van der Waals surface area contributed by atoms with E-state index in [1.165, 1.54) is 0 Å². The molecule has 3 nitrogen and oxygen atoms in total. The maximum absolute atomic E-state index is 12.9. The first kappa shape index (κ1) is 19.3. The molecule has 9 heteroatoms. The fraction of sp³-hybridized carbons (Fsp3) is 0.500. The summed E-state index contributed by atoms with van der Waals surface area (Å²) in [4.78, 5) is 10.7. The Hall–Kier alpha value is -1.77. The van der Waals surface area contributed by atoms with E-state index in [4.69, 9.17) is 5.11 Å². The van der Waals surface area contributed by atoms with Crippen LogP contribution in [-0.4, -0.2) is 28.5 Å². The van der Waals surface area contributed by atoms with Crippen LogP contribution < -0.4 is 0 Å². The minimum atomic E-state index is -5.97. The van der Waals surface area contributed by atoms with Gasteiger partial charge in [-0.25, -0.2) is 0 Å². The number of aryl methyl sites for hydroxylation is 1. The van der Waals surface area contributed by atoms with E-state index in [-0.39, 0.29) is 17.5 Å². The highest BCUT2D eigenvalue weighted by Gasteiger charge is 2.71. The Morgan fingerprint density at radius 1 is 1.04 bits per heavy atom. The largest absolute Gasteiger partial charge is 0.481 e. The van der Waals surface area contributed by atoms with E-state index in [1.807, 2.05) is 0 Å². The van der Waals surface area contributed by atoms with Gasteiger partial charge in [0.05, 0.1) is 6.42 Å². The summed E-state index contributed by atoms with van der Waals surface area (Å²) < 4.78 is 77.1. The van der Waals surface area contributed by atoms with E-state index in [1.54, 1.807) is 6.92 Å². The highest BCUT2D eigenvalue weighted by molar-refractivity contribution is 5.70. The Morgan fingerprint density at radius 2 is 1.57 bits per heavy atom. The van der Waals surface area contributed by atoms with E-state index in [0.717, 1.165) is 6.07 Å². The Kier molecular flexibility index (Phi) is 5.35. The second kappa shape index (κ2) is 6.38. The first-order valence-corrected chi connectivity index (χ1v) is 6.54.